The van der Waals surface area contributed by atoms with Gasteiger partial charge in [0.25, 0.3) is 0 Å². The highest BCUT2D eigenvalue weighted by atomic mass is 19.1. The Labute approximate surface area is 148 Å². The molecule has 0 fully saturated rings. The second-order valence-electron chi connectivity index (χ2n) is 5.63. The Kier molecular flexibility index (Phi) is 3.92. The zero-order valence-corrected chi connectivity index (χ0v) is 14.1. The summed E-state index contributed by atoms with van der Waals surface area (Å²) < 4.78 is 20.3. The molecule has 0 radical (unpaired) electrons. The first-order valence-corrected chi connectivity index (χ1v) is 7.90. The number of ether oxygens (including phenoxy) is 1. The number of halogens is 1. The second-order valence-corrected chi connectivity index (χ2v) is 5.63. The van der Waals surface area contributed by atoms with Crippen molar-refractivity contribution in [2.24, 2.45) is 0 Å². The van der Waals surface area contributed by atoms with E-state index in [0.29, 0.717) is 28.9 Å². The molecule has 26 heavy (non-hydrogen) atoms. The summed E-state index contributed by atoms with van der Waals surface area (Å²) in [5, 5.41) is 7.67. The van der Waals surface area contributed by atoms with Crippen molar-refractivity contribution in [2.45, 2.75) is 6.92 Å². The number of fused-ring (bicyclic) bond motifs is 1. The van der Waals surface area contributed by atoms with Crippen LogP contribution in [0.25, 0.3) is 17.0 Å². The first kappa shape index (κ1) is 15.9. The predicted molar refractivity (Wildman–Crippen MR) is 95.0 cm³/mol. The first-order chi connectivity index (χ1) is 12.6. The van der Waals surface area contributed by atoms with Crippen LogP contribution in [0.5, 0.6) is 5.88 Å². The van der Waals surface area contributed by atoms with Crippen molar-refractivity contribution in [1.29, 1.82) is 0 Å². The molecular weight excluding hydrogens is 335 g/mol. The normalized spacial score (nSPS) is 10.9. The molecule has 4 heterocycles. The molecule has 0 aromatic carbocycles. The van der Waals surface area contributed by atoms with Gasteiger partial charge >= 0.3 is 0 Å². The molecule has 130 valence electrons. The first-order valence-electron chi connectivity index (χ1n) is 7.90. The number of methoxy groups -OCH3 is 1. The fourth-order valence-electron chi connectivity index (χ4n) is 2.64. The Balaban J connectivity index is 1.86. The van der Waals surface area contributed by atoms with Crippen molar-refractivity contribution in [3.8, 4) is 17.4 Å². The van der Waals surface area contributed by atoms with E-state index in [2.05, 4.69) is 25.4 Å². The minimum absolute atomic E-state index is 0.420. The molecule has 0 amide bonds. The van der Waals surface area contributed by atoms with Crippen LogP contribution < -0.4 is 10.1 Å². The van der Waals surface area contributed by atoms with Gasteiger partial charge in [0.1, 0.15) is 11.2 Å². The van der Waals surface area contributed by atoms with E-state index < -0.39 is 5.95 Å². The summed E-state index contributed by atoms with van der Waals surface area (Å²) in [7, 11) is 1.55. The maximum atomic E-state index is 13.4. The van der Waals surface area contributed by atoms with Crippen molar-refractivity contribution < 1.29 is 9.13 Å². The summed E-state index contributed by atoms with van der Waals surface area (Å²) in [6, 6.07) is 10.3. The Hall–Kier alpha value is -3.55. The molecule has 0 spiro atoms. The van der Waals surface area contributed by atoms with Crippen LogP contribution in [-0.4, -0.2) is 31.7 Å². The van der Waals surface area contributed by atoms with Crippen LogP contribution in [-0.2, 0) is 0 Å². The number of pyridine rings is 2. The average Bonchev–Trinajstić information content (AvgIpc) is 3.03. The molecule has 1 N–H and O–H groups in total. The highest BCUT2D eigenvalue weighted by molar-refractivity contribution is 5.77. The van der Waals surface area contributed by atoms with Gasteiger partial charge in [-0.25, -0.2) is 19.5 Å². The Morgan fingerprint density at radius 3 is 2.85 bits per heavy atom. The Morgan fingerprint density at radius 1 is 1.15 bits per heavy atom. The van der Waals surface area contributed by atoms with E-state index in [0.717, 1.165) is 11.1 Å². The van der Waals surface area contributed by atoms with Crippen LogP contribution in [0.3, 0.4) is 0 Å². The van der Waals surface area contributed by atoms with E-state index in [1.54, 1.807) is 29.8 Å². The van der Waals surface area contributed by atoms with Gasteiger partial charge in [-0.05, 0) is 30.7 Å². The van der Waals surface area contributed by atoms with Gasteiger partial charge < -0.3 is 10.1 Å². The summed E-state index contributed by atoms with van der Waals surface area (Å²) in [4.78, 5) is 12.5. The van der Waals surface area contributed by atoms with E-state index in [9.17, 15) is 4.39 Å². The Morgan fingerprint density at radius 2 is 2.04 bits per heavy atom. The number of aromatic nitrogens is 5. The van der Waals surface area contributed by atoms with Crippen LogP contribution in [0.4, 0.5) is 15.9 Å². The van der Waals surface area contributed by atoms with Crippen LogP contribution >= 0.6 is 0 Å². The van der Waals surface area contributed by atoms with E-state index in [1.807, 2.05) is 25.3 Å². The van der Waals surface area contributed by atoms with Gasteiger partial charge in [-0.2, -0.15) is 4.39 Å². The summed E-state index contributed by atoms with van der Waals surface area (Å²) in [5.41, 5.74) is 2.91. The van der Waals surface area contributed by atoms with E-state index in [4.69, 9.17) is 4.74 Å². The molecule has 0 saturated heterocycles. The highest BCUT2D eigenvalue weighted by Gasteiger charge is 2.14. The number of hydrogen-bond acceptors (Lipinski definition) is 6. The topological polar surface area (TPSA) is 77.2 Å². The van der Waals surface area contributed by atoms with Crippen LogP contribution in [0.15, 0.2) is 48.8 Å². The van der Waals surface area contributed by atoms with Crippen molar-refractivity contribution in [2.75, 3.05) is 12.4 Å². The average molecular weight is 350 g/mol. The van der Waals surface area contributed by atoms with Gasteiger partial charge in [0.15, 0.2) is 5.82 Å². The molecule has 0 atom stereocenters. The van der Waals surface area contributed by atoms with Gasteiger partial charge in [-0.1, -0.05) is 6.07 Å². The van der Waals surface area contributed by atoms with E-state index >= 15 is 0 Å². The van der Waals surface area contributed by atoms with Gasteiger partial charge in [0.2, 0.25) is 17.7 Å². The standard InChI is InChI=1S/C18H15FN6O/c1-11-7-9-25-16(11)18(21-12-6-8-20-14(19)10-12)23-17(24-25)13-4-3-5-15(22-13)26-2/h3-10H,1-2H3,(H,20,21,23,24). The SMILES string of the molecule is COc1cccc(-c2nc(Nc3ccnc(F)c3)c3c(C)ccn3n2)n1. The molecule has 0 aliphatic heterocycles. The summed E-state index contributed by atoms with van der Waals surface area (Å²) >= 11 is 0. The van der Waals surface area contributed by atoms with Gasteiger partial charge in [-0.3, -0.25) is 0 Å². The third-order valence-corrected chi connectivity index (χ3v) is 3.86. The highest BCUT2D eigenvalue weighted by Crippen LogP contribution is 2.26. The van der Waals surface area contributed by atoms with Gasteiger partial charge in [0, 0.05) is 30.2 Å². The number of anilines is 2. The van der Waals surface area contributed by atoms with Crippen LogP contribution in [0.1, 0.15) is 5.56 Å². The molecule has 8 heteroatoms. The number of rotatable bonds is 4. The quantitative estimate of drug-likeness (QED) is 0.569. The lowest BCUT2D eigenvalue weighted by atomic mass is 10.3. The summed E-state index contributed by atoms with van der Waals surface area (Å²) in [6.45, 7) is 1.96. The molecule has 0 bridgehead atoms. The largest absolute Gasteiger partial charge is 0.481 e. The van der Waals surface area contributed by atoms with Crippen molar-refractivity contribution in [1.82, 2.24) is 24.6 Å². The molecule has 0 aliphatic rings. The molecule has 0 saturated carbocycles. The molecule has 7 nitrogen and oxygen atoms in total. The fourth-order valence-corrected chi connectivity index (χ4v) is 2.64. The van der Waals surface area contributed by atoms with Crippen molar-refractivity contribution in [3.63, 3.8) is 0 Å². The summed E-state index contributed by atoms with van der Waals surface area (Å²) in [6.07, 6.45) is 3.24. The lowest BCUT2D eigenvalue weighted by Gasteiger charge is -2.10. The van der Waals surface area contributed by atoms with Crippen molar-refractivity contribution in [3.05, 3.63) is 60.3 Å². The minimum Gasteiger partial charge on any atom is -0.481 e. The fraction of sp³-hybridized carbons (Fsp3) is 0.111. The zero-order valence-electron chi connectivity index (χ0n) is 14.1. The lowest BCUT2D eigenvalue weighted by Crippen LogP contribution is -2.05. The number of nitrogens with zero attached hydrogens (tertiary/aromatic N) is 5. The maximum absolute atomic E-state index is 13.4. The molecular formula is C18H15FN6O. The molecule has 4 aromatic rings. The number of hydrogen-bond donors (Lipinski definition) is 1. The number of aryl methyl sites for hydroxylation is 1. The molecule has 0 aliphatic carbocycles. The van der Waals surface area contributed by atoms with E-state index in [1.165, 1.54) is 12.3 Å². The molecule has 4 aromatic heterocycles. The smallest absolute Gasteiger partial charge is 0.214 e. The minimum atomic E-state index is -0.568. The van der Waals surface area contributed by atoms with Gasteiger partial charge in [-0.15, -0.1) is 5.10 Å². The molecule has 4 rings (SSSR count). The van der Waals surface area contributed by atoms with Crippen LogP contribution in [0.2, 0.25) is 0 Å². The monoisotopic (exact) mass is 350 g/mol. The number of nitrogens with one attached hydrogen (secondary N) is 1. The second kappa shape index (κ2) is 6.40. The third kappa shape index (κ3) is 2.92. The predicted octanol–water partition coefficient (Wildman–Crippen LogP) is 3.39. The molecule has 0 unspecified atom stereocenters. The summed E-state index contributed by atoms with van der Waals surface area (Å²) in [5.74, 6) is 0.874. The zero-order chi connectivity index (χ0) is 18.1. The Bertz CT molecular complexity index is 1090. The third-order valence-electron chi connectivity index (χ3n) is 3.86. The van der Waals surface area contributed by atoms with E-state index in [-0.39, 0.29) is 0 Å². The maximum Gasteiger partial charge on any atom is 0.214 e. The van der Waals surface area contributed by atoms with Crippen molar-refractivity contribution >= 4 is 17.0 Å². The lowest BCUT2D eigenvalue weighted by molar-refractivity contribution is 0.398. The van der Waals surface area contributed by atoms with Crippen LogP contribution in [0, 0.1) is 12.9 Å². The van der Waals surface area contributed by atoms with Gasteiger partial charge in [0.05, 0.1) is 7.11 Å².